The van der Waals surface area contributed by atoms with Gasteiger partial charge in [-0.05, 0) is 6.42 Å². The molecule has 0 aromatic heterocycles. The quantitative estimate of drug-likeness (QED) is 0.502. The maximum Gasteiger partial charge on any atom is 0.320 e. The van der Waals surface area contributed by atoms with Crippen molar-refractivity contribution in [2.24, 2.45) is 11.7 Å². The first-order chi connectivity index (χ1) is 5.99. The third-order valence-corrected chi connectivity index (χ3v) is 1.57. The van der Waals surface area contributed by atoms with Gasteiger partial charge in [-0.25, -0.2) is 0 Å². The van der Waals surface area contributed by atoms with Crippen molar-refractivity contribution in [3.05, 3.63) is 0 Å². The number of hydrogen-bond acceptors (Lipinski definition) is 3. The van der Waals surface area contributed by atoms with Crippen LogP contribution >= 0.6 is 0 Å². The van der Waals surface area contributed by atoms with Crippen LogP contribution in [-0.4, -0.2) is 28.2 Å². The molecule has 0 spiro atoms. The number of carboxylic acid groups (broad SMARTS) is 2. The van der Waals surface area contributed by atoms with Gasteiger partial charge < -0.3 is 15.9 Å². The van der Waals surface area contributed by atoms with Crippen molar-refractivity contribution in [1.82, 2.24) is 0 Å². The van der Waals surface area contributed by atoms with Gasteiger partial charge in [0.2, 0.25) is 0 Å². The van der Waals surface area contributed by atoms with E-state index in [0.29, 0.717) is 0 Å². The molecule has 0 heterocycles. The molecule has 0 unspecified atom stereocenters. The zero-order valence-electron chi connectivity index (χ0n) is 6.93. The monoisotopic (exact) mass is 185 g/mol. The van der Waals surface area contributed by atoms with Crippen LogP contribution in [0.15, 0.2) is 0 Å². The Morgan fingerprint density at radius 2 is 1.92 bits per heavy atom. The third kappa shape index (κ3) is 4.13. The van der Waals surface area contributed by atoms with E-state index in [2.05, 4.69) is 5.92 Å². The Hall–Kier alpha value is -1.54. The number of carbonyl (C=O) groups is 2. The molecule has 0 aliphatic rings. The summed E-state index contributed by atoms with van der Waals surface area (Å²) < 4.78 is 0. The average molecular weight is 185 g/mol. The summed E-state index contributed by atoms with van der Waals surface area (Å²) in [5.41, 5.74) is 5.15. The molecule has 13 heavy (non-hydrogen) atoms. The van der Waals surface area contributed by atoms with Crippen LogP contribution in [0.2, 0.25) is 0 Å². The van der Waals surface area contributed by atoms with Crippen LogP contribution in [0.25, 0.3) is 0 Å². The molecule has 0 aliphatic carbocycles. The smallest absolute Gasteiger partial charge is 0.320 e. The highest BCUT2D eigenvalue weighted by atomic mass is 16.4. The van der Waals surface area contributed by atoms with E-state index in [9.17, 15) is 9.59 Å². The lowest BCUT2D eigenvalue weighted by Gasteiger charge is -2.11. The van der Waals surface area contributed by atoms with Gasteiger partial charge in [0, 0.05) is 6.42 Å². The fourth-order valence-corrected chi connectivity index (χ4v) is 0.821. The first-order valence-corrected chi connectivity index (χ1v) is 3.63. The minimum atomic E-state index is -1.22. The summed E-state index contributed by atoms with van der Waals surface area (Å²) in [6.07, 6.45) is 4.77. The van der Waals surface area contributed by atoms with Crippen molar-refractivity contribution in [1.29, 1.82) is 0 Å². The van der Waals surface area contributed by atoms with Crippen molar-refractivity contribution in [2.75, 3.05) is 0 Å². The van der Waals surface area contributed by atoms with E-state index in [1.807, 2.05) is 0 Å². The van der Waals surface area contributed by atoms with Crippen LogP contribution in [0.1, 0.15) is 12.8 Å². The Kier molecular flexibility index (Phi) is 4.55. The topological polar surface area (TPSA) is 101 Å². The van der Waals surface area contributed by atoms with Crippen LogP contribution in [0, 0.1) is 18.3 Å². The van der Waals surface area contributed by atoms with Gasteiger partial charge in [0.1, 0.15) is 6.04 Å². The first-order valence-electron chi connectivity index (χ1n) is 3.63. The Balaban J connectivity index is 4.19. The molecular weight excluding hydrogens is 174 g/mol. The number of terminal acetylenes is 1. The standard InChI is InChI=1S/C8H11NO4/c1-2-3-5(7(10)11)4-6(9)8(12)13/h1,5-6H,3-4,9H2,(H,10,11)(H,12,13)/t5-,6+/m0/s1. The number of hydrogen-bond donors (Lipinski definition) is 3. The zero-order valence-corrected chi connectivity index (χ0v) is 6.93. The fourth-order valence-electron chi connectivity index (χ4n) is 0.821. The van der Waals surface area contributed by atoms with E-state index in [-0.39, 0.29) is 12.8 Å². The summed E-state index contributed by atoms with van der Waals surface area (Å²) in [6, 6.07) is -1.17. The van der Waals surface area contributed by atoms with Crippen molar-refractivity contribution in [3.63, 3.8) is 0 Å². The minimum absolute atomic E-state index is 0.00366. The fraction of sp³-hybridized carbons (Fsp3) is 0.500. The summed E-state index contributed by atoms with van der Waals surface area (Å²) in [5.74, 6) is -1.05. The molecule has 0 radical (unpaired) electrons. The van der Waals surface area contributed by atoms with E-state index < -0.39 is 23.9 Å². The van der Waals surface area contributed by atoms with E-state index in [1.54, 1.807) is 0 Å². The summed E-state index contributed by atoms with van der Waals surface area (Å²) in [4.78, 5) is 20.8. The molecule has 4 N–H and O–H groups in total. The molecule has 2 atom stereocenters. The van der Waals surface area contributed by atoms with E-state index in [0.717, 1.165) is 0 Å². The molecule has 0 aliphatic heterocycles. The molecule has 72 valence electrons. The molecule has 0 saturated carbocycles. The Morgan fingerprint density at radius 3 is 2.23 bits per heavy atom. The average Bonchev–Trinajstić information content (AvgIpc) is 2.03. The van der Waals surface area contributed by atoms with Gasteiger partial charge in [0.25, 0.3) is 0 Å². The Morgan fingerprint density at radius 1 is 1.38 bits per heavy atom. The maximum absolute atomic E-state index is 10.5. The summed E-state index contributed by atoms with van der Waals surface area (Å²) in [5, 5.41) is 17.0. The minimum Gasteiger partial charge on any atom is -0.481 e. The molecule has 0 amide bonds. The molecule has 0 saturated heterocycles. The van der Waals surface area contributed by atoms with Crippen molar-refractivity contribution in [2.45, 2.75) is 18.9 Å². The second-order valence-corrected chi connectivity index (χ2v) is 2.62. The van der Waals surface area contributed by atoms with Crippen LogP contribution in [0.4, 0.5) is 0 Å². The molecule has 5 nitrogen and oxygen atoms in total. The van der Waals surface area contributed by atoms with Gasteiger partial charge in [-0.3, -0.25) is 9.59 Å². The molecule has 5 heteroatoms. The largest absolute Gasteiger partial charge is 0.481 e. The maximum atomic E-state index is 10.5. The van der Waals surface area contributed by atoms with Crippen molar-refractivity contribution >= 4 is 11.9 Å². The Labute approximate surface area is 75.5 Å². The van der Waals surface area contributed by atoms with Gasteiger partial charge in [-0.15, -0.1) is 12.3 Å². The van der Waals surface area contributed by atoms with E-state index >= 15 is 0 Å². The lowest BCUT2D eigenvalue weighted by atomic mass is 9.97. The van der Waals surface area contributed by atoms with Crippen LogP contribution in [0.3, 0.4) is 0 Å². The first kappa shape index (κ1) is 11.5. The zero-order chi connectivity index (χ0) is 10.4. The highest BCUT2D eigenvalue weighted by Gasteiger charge is 2.23. The lowest BCUT2D eigenvalue weighted by molar-refractivity contribution is -0.143. The van der Waals surface area contributed by atoms with Crippen LogP contribution in [0.5, 0.6) is 0 Å². The Bertz CT molecular complexity index is 243. The SMILES string of the molecule is C#CC[C@@H](C[C@@H](N)C(=O)O)C(=O)O. The molecule has 0 bridgehead atoms. The lowest BCUT2D eigenvalue weighted by Crippen LogP contribution is -2.34. The number of nitrogens with two attached hydrogens (primary N) is 1. The van der Waals surface area contributed by atoms with Gasteiger partial charge in [-0.1, -0.05) is 0 Å². The third-order valence-electron chi connectivity index (χ3n) is 1.57. The molecule has 0 aromatic rings. The van der Waals surface area contributed by atoms with Gasteiger partial charge >= 0.3 is 11.9 Å². The predicted molar refractivity (Wildman–Crippen MR) is 44.8 cm³/mol. The van der Waals surface area contributed by atoms with Crippen molar-refractivity contribution in [3.8, 4) is 12.3 Å². The highest BCUT2D eigenvalue weighted by molar-refractivity contribution is 5.75. The summed E-state index contributed by atoms with van der Waals surface area (Å²) >= 11 is 0. The highest BCUT2D eigenvalue weighted by Crippen LogP contribution is 2.10. The molecule has 0 rings (SSSR count). The van der Waals surface area contributed by atoms with E-state index in [4.69, 9.17) is 22.4 Å². The van der Waals surface area contributed by atoms with Crippen molar-refractivity contribution < 1.29 is 19.8 Å². The summed E-state index contributed by atoms with van der Waals surface area (Å²) in [6.45, 7) is 0. The number of rotatable bonds is 5. The predicted octanol–water partition coefficient (Wildman–Crippen LogP) is -0.487. The molecular formula is C8H11NO4. The van der Waals surface area contributed by atoms with Gasteiger partial charge in [0.15, 0.2) is 0 Å². The van der Waals surface area contributed by atoms with Crippen LogP contribution < -0.4 is 5.73 Å². The van der Waals surface area contributed by atoms with E-state index in [1.165, 1.54) is 0 Å². The molecule has 0 aromatic carbocycles. The molecule has 0 fully saturated rings. The summed E-state index contributed by atoms with van der Waals surface area (Å²) in [7, 11) is 0. The van der Waals surface area contributed by atoms with Crippen LogP contribution in [-0.2, 0) is 9.59 Å². The van der Waals surface area contributed by atoms with Gasteiger partial charge in [0.05, 0.1) is 5.92 Å². The normalized spacial score (nSPS) is 14.2. The second-order valence-electron chi connectivity index (χ2n) is 2.62. The van der Waals surface area contributed by atoms with Gasteiger partial charge in [-0.2, -0.15) is 0 Å². The number of carboxylic acids is 2. The number of aliphatic carboxylic acids is 2. The second kappa shape index (κ2) is 5.17.